The highest BCUT2D eigenvalue weighted by Gasteiger charge is 2.72. The second-order valence-electron chi connectivity index (χ2n) is 14.7. The fraction of sp³-hybridized carbons (Fsp3) is 0.933. The quantitative estimate of drug-likeness (QED) is 0.406. The van der Waals surface area contributed by atoms with Crippen molar-refractivity contribution in [3.63, 3.8) is 0 Å². The van der Waals surface area contributed by atoms with E-state index in [9.17, 15) is 20.4 Å². The molecule has 0 aromatic carbocycles. The summed E-state index contributed by atoms with van der Waals surface area (Å²) in [6.45, 7) is 16.4. The molecule has 5 aliphatic rings. The number of aliphatic hydroxyl groups excluding tert-OH is 4. The molecule has 3 unspecified atom stereocenters. The summed E-state index contributed by atoms with van der Waals surface area (Å²) in [4.78, 5) is 0. The van der Waals surface area contributed by atoms with Crippen molar-refractivity contribution in [3.05, 3.63) is 11.6 Å². The van der Waals surface area contributed by atoms with Crippen molar-refractivity contribution in [1.82, 2.24) is 0 Å². The molecule has 194 valence electrons. The molecule has 4 heteroatoms. The van der Waals surface area contributed by atoms with Crippen LogP contribution in [-0.4, -0.2) is 45.3 Å². The van der Waals surface area contributed by atoms with Crippen molar-refractivity contribution in [2.75, 3.05) is 6.61 Å². The lowest BCUT2D eigenvalue weighted by atomic mass is 9.33. The topological polar surface area (TPSA) is 80.9 Å². The van der Waals surface area contributed by atoms with Crippen molar-refractivity contribution >= 4 is 0 Å². The summed E-state index contributed by atoms with van der Waals surface area (Å²) in [6.07, 6.45) is 7.20. The molecule has 4 fully saturated rings. The standard InChI is InChI=1S/C30H50O4/c1-17-10-12-26(3)14-15-28(5)19(22(26)18(17)2)8-9-21-29(28,6)13-11-20-27(4,16-31)24(33)23(32)25(34)30(20,21)7/h8,17-18,20-25,31-34H,9-16H2,1-7H3/t17-,18+,20?,21?,22?,23+,24-,25-,26-,27-,28-,29-,30+/m1/s1. The van der Waals surface area contributed by atoms with Crippen LogP contribution in [0.3, 0.4) is 0 Å². The molecule has 0 aliphatic heterocycles. The predicted octanol–water partition coefficient (Wildman–Crippen LogP) is 4.94. The first-order chi connectivity index (χ1) is 15.7. The van der Waals surface area contributed by atoms with E-state index in [-0.39, 0.29) is 29.3 Å². The zero-order chi connectivity index (χ0) is 25.1. The molecular weight excluding hydrogens is 424 g/mol. The molecule has 0 aromatic rings. The summed E-state index contributed by atoms with van der Waals surface area (Å²) >= 11 is 0. The molecule has 5 aliphatic carbocycles. The molecule has 5 rings (SSSR count). The minimum absolute atomic E-state index is 0.0173. The molecule has 4 saturated carbocycles. The van der Waals surface area contributed by atoms with Gasteiger partial charge < -0.3 is 20.4 Å². The maximum atomic E-state index is 11.6. The van der Waals surface area contributed by atoms with Crippen LogP contribution in [0.25, 0.3) is 0 Å². The second-order valence-corrected chi connectivity index (χ2v) is 14.7. The Morgan fingerprint density at radius 3 is 2.18 bits per heavy atom. The van der Waals surface area contributed by atoms with Gasteiger partial charge in [0.2, 0.25) is 0 Å². The highest BCUT2D eigenvalue weighted by atomic mass is 16.4. The van der Waals surface area contributed by atoms with Gasteiger partial charge in [-0.1, -0.05) is 60.1 Å². The minimum Gasteiger partial charge on any atom is -0.396 e. The van der Waals surface area contributed by atoms with Gasteiger partial charge in [-0.2, -0.15) is 0 Å². The fourth-order valence-electron chi connectivity index (χ4n) is 10.9. The highest BCUT2D eigenvalue weighted by Crippen LogP contribution is 2.75. The largest absolute Gasteiger partial charge is 0.396 e. The summed E-state index contributed by atoms with van der Waals surface area (Å²) < 4.78 is 0. The number of hydrogen-bond acceptors (Lipinski definition) is 4. The van der Waals surface area contributed by atoms with Gasteiger partial charge in [0.05, 0.1) is 18.8 Å². The SMILES string of the molecule is C[C@@H]1CC[C@]2(C)CC[C@]3(C)C(=CCC4[C@]5(C)C(CC[C@]43C)[C@@](C)(CO)[C@H](O)[C@H](O)[C@H]5O)C2[C@H]1C. The van der Waals surface area contributed by atoms with E-state index < -0.39 is 29.1 Å². The van der Waals surface area contributed by atoms with Gasteiger partial charge in [0.1, 0.15) is 6.10 Å². The minimum atomic E-state index is -1.23. The smallest absolute Gasteiger partial charge is 0.107 e. The molecule has 0 amide bonds. The van der Waals surface area contributed by atoms with Gasteiger partial charge in [-0.3, -0.25) is 0 Å². The van der Waals surface area contributed by atoms with Crippen LogP contribution in [0.2, 0.25) is 0 Å². The Morgan fingerprint density at radius 1 is 0.853 bits per heavy atom. The van der Waals surface area contributed by atoms with Gasteiger partial charge in [-0.25, -0.2) is 0 Å². The molecule has 0 spiro atoms. The van der Waals surface area contributed by atoms with E-state index in [0.717, 1.165) is 25.2 Å². The summed E-state index contributed by atoms with van der Waals surface area (Å²) in [7, 11) is 0. The predicted molar refractivity (Wildman–Crippen MR) is 135 cm³/mol. The van der Waals surface area contributed by atoms with Crippen molar-refractivity contribution in [2.24, 2.45) is 56.7 Å². The number of fused-ring (bicyclic) bond motifs is 7. The average Bonchev–Trinajstić information content (AvgIpc) is 2.80. The monoisotopic (exact) mass is 474 g/mol. The molecule has 4 N–H and O–H groups in total. The van der Waals surface area contributed by atoms with Crippen LogP contribution >= 0.6 is 0 Å². The fourth-order valence-corrected chi connectivity index (χ4v) is 10.9. The van der Waals surface area contributed by atoms with E-state index in [2.05, 4.69) is 47.6 Å². The van der Waals surface area contributed by atoms with E-state index in [1.165, 1.54) is 25.7 Å². The van der Waals surface area contributed by atoms with E-state index in [1.807, 2.05) is 6.92 Å². The Hall–Kier alpha value is -0.420. The van der Waals surface area contributed by atoms with Gasteiger partial charge in [-0.15, -0.1) is 0 Å². The number of allylic oxidation sites excluding steroid dienone is 2. The highest BCUT2D eigenvalue weighted by molar-refractivity contribution is 5.34. The van der Waals surface area contributed by atoms with Gasteiger partial charge in [0, 0.05) is 10.8 Å². The van der Waals surface area contributed by atoms with Crippen molar-refractivity contribution < 1.29 is 20.4 Å². The van der Waals surface area contributed by atoms with Crippen molar-refractivity contribution in [3.8, 4) is 0 Å². The third kappa shape index (κ3) is 2.75. The zero-order valence-corrected chi connectivity index (χ0v) is 22.6. The Kier molecular flexibility index (Phi) is 5.61. The first kappa shape index (κ1) is 25.2. The maximum Gasteiger partial charge on any atom is 0.107 e. The second kappa shape index (κ2) is 7.55. The van der Waals surface area contributed by atoms with Crippen LogP contribution in [0.5, 0.6) is 0 Å². The van der Waals surface area contributed by atoms with E-state index >= 15 is 0 Å². The maximum absolute atomic E-state index is 11.6. The van der Waals surface area contributed by atoms with E-state index in [1.54, 1.807) is 5.57 Å². The zero-order valence-electron chi connectivity index (χ0n) is 22.6. The molecule has 13 atom stereocenters. The molecular formula is C30H50O4. The molecule has 0 heterocycles. The number of aliphatic hydroxyl groups is 4. The molecule has 34 heavy (non-hydrogen) atoms. The summed E-state index contributed by atoms with van der Waals surface area (Å²) in [5.74, 6) is 2.24. The molecule has 0 bridgehead atoms. The average molecular weight is 475 g/mol. The summed E-state index contributed by atoms with van der Waals surface area (Å²) in [5, 5.41) is 43.9. The van der Waals surface area contributed by atoms with Crippen LogP contribution in [0.4, 0.5) is 0 Å². The number of rotatable bonds is 1. The third-order valence-electron chi connectivity index (χ3n) is 13.7. The lowest BCUT2D eigenvalue weighted by Gasteiger charge is -2.72. The number of hydrogen-bond donors (Lipinski definition) is 4. The van der Waals surface area contributed by atoms with Crippen LogP contribution in [-0.2, 0) is 0 Å². The molecule has 4 nitrogen and oxygen atoms in total. The summed E-state index contributed by atoms with van der Waals surface area (Å²) in [5.41, 5.74) is 0.816. The van der Waals surface area contributed by atoms with Crippen LogP contribution in [0.15, 0.2) is 11.6 Å². The van der Waals surface area contributed by atoms with Gasteiger partial charge >= 0.3 is 0 Å². The lowest BCUT2D eigenvalue weighted by molar-refractivity contribution is -0.287. The van der Waals surface area contributed by atoms with Crippen LogP contribution in [0.1, 0.15) is 93.4 Å². The van der Waals surface area contributed by atoms with Crippen molar-refractivity contribution in [1.29, 1.82) is 0 Å². The first-order valence-corrected chi connectivity index (χ1v) is 14.1. The molecule has 0 radical (unpaired) electrons. The normalized spacial score (nSPS) is 61.4. The van der Waals surface area contributed by atoms with E-state index in [4.69, 9.17) is 0 Å². The van der Waals surface area contributed by atoms with Crippen LogP contribution < -0.4 is 0 Å². The Morgan fingerprint density at radius 2 is 1.53 bits per heavy atom. The van der Waals surface area contributed by atoms with Gasteiger partial charge in [0.25, 0.3) is 0 Å². The Balaban J connectivity index is 1.63. The third-order valence-corrected chi connectivity index (χ3v) is 13.7. The van der Waals surface area contributed by atoms with Gasteiger partial charge in [0.15, 0.2) is 0 Å². The lowest BCUT2D eigenvalue weighted by Crippen LogP contribution is -2.73. The molecule has 0 aromatic heterocycles. The van der Waals surface area contributed by atoms with Crippen molar-refractivity contribution in [2.45, 2.75) is 112 Å². The Bertz CT molecular complexity index is 870. The molecule has 0 saturated heterocycles. The van der Waals surface area contributed by atoms with Gasteiger partial charge in [-0.05, 0) is 90.8 Å². The summed E-state index contributed by atoms with van der Waals surface area (Å²) in [6, 6.07) is 0. The van der Waals surface area contributed by atoms with E-state index in [0.29, 0.717) is 17.3 Å². The Labute approximate surface area is 207 Å². The first-order valence-electron chi connectivity index (χ1n) is 14.1. The van der Waals surface area contributed by atoms with Crippen LogP contribution in [0, 0.1) is 56.7 Å².